The number of alkyl halides is 2. The predicted molar refractivity (Wildman–Crippen MR) is 127 cm³/mol. The third-order valence-electron chi connectivity index (χ3n) is 7.49. The third kappa shape index (κ3) is 6.07. The molecule has 2 N–H and O–H groups in total. The number of nitrogens with zero attached hydrogens (tertiary/aromatic N) is 3. The number of hydrogen-bond acceptors (Lipinski definition) is 7. The second kappa shape index (κ2) is 10.1. The van der Waals surface area contributed by atoms with Gasteiger partial charge in [0.2, 0.25) is 5.91 Å². The van der Waals surface area contributed by atoms with Gasteiger partial charge in [0.05, 0.1) is 12.1 Å². The first-order valence-corrected chi connectivity index (χ1v) is 13.3. The molecular formula is C24H35F2N5O2S. The van der Waals surface area contributed by atoms with Crippen molar-refractivity contribution in [2.24, 2.45) is 5.92 Å². The van der Waals surface area contributed by atoms with Crippen molar-refractivity contribution in [1.29, 1.82) is 0 Å². The van der Waals surface area contributed by atoms with E-state index in [1.54, 1.807) is 0 Å². The molecule has 0 atom stereocenters. The van der Waals surface area contributed by atoms with E-state index in [9.17, 15) is 13.6 Å². The second-order valence-electron chi connectivity index (χ2n) is 10.4. The van der Waals surface area contributed by atoms with Gasteiger partial charge in [-0.1, -0.05) is 11.3 Å². The first-order chi connectivity index (χ1) is 16.3. The molecule has 0 unspecified atom stereocenters. The maximum atomic E-state index is 13.0. The van der Waals surface area contributed by atoms with Gasteiger partial charge in [-0.3, -0.25) is 9.69 Å². The smallest absolute Gasteiger partial charge is 0.273 e. The first-order valence-electron chi connectivity index (χ1n) is 12.5. The minimum absolute atomic E-state index is 0.133. The Labute approximate surface area is 203 Å². The number of hydrogen-bond donors (Lipinski definition) is 2. The number of halogens is 2. The van der Waals surface area contributed by atoms with Crippen LogP contribution in [0.25, 0.3) is 0 Å². The van der Waals surface area contributed by atoms with Crippen molar-refractivity contribution >= 4 is 17.2 Å². The number of thiazole rings is 1. The fourth-order valence-corrected chi connectivity index (χ4v) is 6.42. The second-order valence-corrected chi connectivity index (χ2v) is 11.4. The van der Waals surface area contributed by atoms with Crippen LogP contribution < -0.4 is 15.5 Å². The average Bonchev–Trinajstić information content (AvgIpc) is 3.36. The number of nitrogens with one attached hydrogen (secondary N) is 2. The van der Waals surface area contributed by atoms with Crippen molar-refractivity contribution in [3.8, 4) is 5.19 Å². The highest BCUT2D eigenvalue weighted by Crippen LogP contribution is 2.41. The largest absolute Gasteiger partial charge is 0.466 e. The Bertz CT molecular complexity index is 907. The van der Waals surface area contributed by atoms with E-state index >= 15 is 0 Å². The summed E-state index contributed by atoms with van der Waals surface area (Å²) in [6, 6.07) is 0.304. The minimum atomic E-state index is -2.56. The van der Waals surface area contributed by atoms with E-state index in [0.717, 1.165) is 69.6 Å². The summed E-state index contributed by atoms with van der Waals surface area (Å²) in [5.41, 5.74) is 5.35. The van der Waals surface area contributed by atoms with Crippen LogP contribution in [0.1, 0.15) is 61.9 Å². The number of carbonyl (C=O) groups excluding carboxylic acids is 1. The zero-order chi connectivity index (χ0) is 23.7. The summed E-state index contributed by atoms with van der Waals surface area (Å²) >= 11 is 1.53. The highest BCUT2D eigenvalue weighted by Gasteiger charge is 2.47. The van der Waals surface area contributed by atoms with Gasteiger partial charge in [0.15, 0.2) is 0 Å². The maximum Gasteiger partial charge on any atom is 0.273 e. The summed E-state index contributed by atoms with van der Waals surface area (Å²) in [7, 11) is 1.94. The topological polar surface area (TPSA) is 69.7 Å². The lowest BCUT2D eigenvalue weighted by molar-refractivity contribution is -0.134. The van der Waals surface area contributed by atoms with Crippen LogP contribution in [-0.4, -0.2) is 65.6 Å². The Balaban J connectivity index is 0.996. The van der Waals surface area contributed by atoms with E-state index in [4.69, 9.17) is 4.74 Å². The van der Waals surface area contributed by atoms with E-state index in [1.165, 1.54) is 22.6 Å². The highest BCUT2D eigenvalue weighted by molar-refractivity contribution is 7.13. The number of rotatable bonds is 8. The van der Waals surface area contributed by atoms with Crippen LogP contribution in [0.4, 0.5) is 8.78 Å². The van der Waals surface area contributed by atoms with Gasteiger partial charge in [-0.05, 0) is 56.6 Å². The van der Waals surface area contributed by atoms with Crippen molar-refractivity contribution in [2.75, 3.05) is 26.7 Å². The van der Waals surface area contributed by atoms with Crippen molar-refractivity contribution in [2.45, 2.75) is 82.4 Å². The molecule has 2 saturated carbocycles. The van der Waals surface area contributed by atoms with Crippen molar-refractivity contribution in [1.82, 2.24) is 25.6 Å². The summed E-state index contributed by atoms with van der Waals surface area (Å²) in [6.45, 7) is 3.64. The SMILES string of the molecule is CN1C=C(CC(=O)NC2CCC(CCN3CCc4sc(OC5CC(F)(F)C5)nc4C3)CC2)CN1. The van der Waals surface area contributed by atoms with Gasteiger partial charge < -0.3 is 15.1 Å². The minimum Gasteiger partial charge on any atom is -0.466 e. The Morgan fingerprint density at radius 3 is 2.82 bits per heavy atom. The van der Waals surface area contributed by atoms with E-state index in [1.807, 2.05) is 18.3 Å². The molecule has 1 amide bonds. The summed E-state index contributed by atoms with van der Waals surface area (Å²) in [4.78, 5) is 20.6. The van der Waals surface area contributed by atoms with Crippen molar-refractivity contribution in [3.63, 3.8) is 0 Å². The summed E-state index contributed by atoms with van der Waals surface area (Å²) < 4.78 is 31.8. The van der Waals surface area contributed by atoms with Crippen LogP contribution in [-0.2, 0) is 17.8 Å². The average molecular weight is 496 g/mol. The molecular weight excluding hydrogens is 460 g/mol. The van der Waals surface area contributed by atoms with E-state index in [0.29, 0.717) is 23.6 Å². The summed E-state index contributed by atoms with van der Waals surface area (Å²) in [5.74, 6) is -1.72. The maximum absolute atomic E-state index is 13.0. The molecule has 2 fully saturated rings. The monoisotopic (exact) mass is 495 g/mol. The predicted octanol–water partition coefficient (Wildman–Crippen LogP) is 3.47. The molecule has 0 saturated heterocycles. The van der Waals surface area contributed by atoms with Gasteiger partial charge in [-0.25, -0.2) is 19.2 Å². The summed E-state index contributed by atoms with van der Waals surface area (Å²) in [6.07, 6.45) is 8.27. The standard InChI is InChI=1S/C24H35F2N5O2S/c1-30-14-17(13-27-30)10-22(32)28-18-4-2-16(3-5-18)6-8-31-9-7-21-20(15-31)29-23(34-21)33-19-11-24(25,26)12-19/h14,16,18-19,27H,2-13,15H2,1H3,(H,28,32). The van der Waals surface area contributed by atoms with Crippen LogP contribution in [0.2, 0.25) is 0 Å². The van der Waals surface area contributed by atoms with Crippen LogP contribution in [0, 0.1) is 5.92 Å². The zero-order valence-corrected chi connectivity index (χ0v) is 20.6. The quantitative estimate of drug-likeness (QED) is 0.576. The zero-order valence-electron chi connectivity index (χ0n) is 19.8. The normalized spacial score (nSPS) is 27.1. The molecule has 1 aromatic heterocycles. The molecule has 7 nitrogen and oxygen atoms in total. The van der Waals surface area contributed by atoms with Crippen LogP contribution in [0.5, 0.6) is 5.19 Å². The van der Waals surface area contributed by atoms with Crippen molar-refractivity contribution < 1.29 is 18.3 Å². The van der Waals surface area contributed by atoms with Crippen LogP contribution in [0.3, 0.4) is 0 Å². The summed E-state index contributed by atoms with van der Waals surface area (Å²) in [5, 5.41) is 5.68. The number of aromatic nitrogens is 1. The molecule has 3 heterocycles. The number of carbonyl (C=O) groups is 1. The fourth-order valence-electron chi connectivity index (χ4n) is 5.45. The molecule has 4 aliphatic rings. The van der Waals surface area contributed by atoms with Crippen LogP contribution in [0.15, 0.2) is 11.8 Å². The molecule has 2 aliphatic carbocycles. The molecule has 5 rings (SSSR count). The molecule has 34 heavy (non-hydrogen) atoms. The molecule has 0 radical (unpaired) electrons. The fraction of sp³-hybridized carbons (Fsp3) is 0.750. The molecule has 0 aromatic carbocycles. The van der Waals surface area contributed by atoms with Gasteiger partial charge >= 0.3 is 0 Å². The van der Waals surface area contributed by atoms with Crippen molar-refractivity contribution in [3.05, 3.63) is 22.3 Å². The lowest BCUT2D eigenvalue weighted by Gasteiger charge is -2.33. The van der Waals surface area contributed by atoms with E-state index < -0.39 is 12.0 Å². The molecule has 0 bridgehead atoms. The molecule has 2 aliphatic heterocycles. The number of hydrazine groups is 1. The number of fused-ring (bicyclic) bond motifs is 1. The van der Waals surface area contributed by atoms with E-state index in [2.05, 4.69) is 20.6 Å². The third-order valence-corrected chi connectivity index (χ3v) is 8.54. The molecule has 0 spiro atoms. The molecule has 1 aromatic rings. The Hall–Kier alpha value is -1.78. The van der Waals surface area contributed by atoms with E-state index in [-0.39, 0.29) is 18.7 Å². The number of ether oxygens (including phenoxy) is 1. The van der Waals surface area contributed by atoms with Gasteiger partial charge in [0.25, 0.3) is 11.1 Å². The first kappa shape index (κ1) is 23.9. The van der Waals surface area contributed by atoms with Gasteiger partial charge in [0.1, 0.15) is 6.10 Å². The Morgan fingerprint density at radius 2 is 2.12 bits per heavy atom. The highest BCUT2D eigenvalue weighted by atomic mass is 32.1. The number of amides is 1. The molecule has 10 heteroatoms. The Morgan fingerprint density at radius 1 is 1.32 bits per heavy atom. The lowest BCUT2D eigenvalue weighted by Crippen LogP contribution is -2.43. The van der Waals surface area contributed by atoms with Gasteiger partial charge in [-0.15, -0.1) is 0 Å². The lowest BCUT2D eigenvalue weighted by atomic mass is 9.84. The van der Waals surface area contributed by atoms with Gasteiger partial charge in [-0.2, -0.15) is 0 Å². The van der Waals surface area contributed by atoms with Crippen LogP contribution >= 0.6 is 11.3 Å². The Kier molecular flexibility index (Phi) is 7.09. The molecule has 188 valence electrons. The van der Waals surface area contributed by atoms with Gasteiger partial charge in [0, 0.05) is 56.6 Å².